The van der Waals surface area contributed by atoms with Crippen LogP contribution in [0.15, 0.2) is 146 Å². The Labute approximate surface area is 529 Å². The average molecular weight is 1220 g/mol. The number of carbonyl (C=O) groups is 2. The molecule has 0 saturated carbocycles. The highest BCUT2D eigenvalue weighted by Gasteiger charge is 2.27. The maximum Gasteiger partial charge on any atom is 0.472 e. The molecular weight excluding hydrogens is 1090 g/mol. The van der Waals surface area contributed by atoms with Gasteiger partial charge < -0.3 is 18.9 Å². The van der Waals surface area contributed by atoms with Gasteiger partial charge in [0.1, 0.15) is 19.8 Å². The zero-order valence-corrected chi connectivity index (χ0v) is 56.6. The summed E-state index contributed by atoms with van der Waals surface area (Å²) in [4.78, 5) is 35.9. The molecule has 86 heavy (non-hydrogen) atoms. The Morgan fingerprint density at radius 2 is 0.628 bits per heavy atom. The van der Waals surface area contributed by atoms with Gasteiger partial charge in [-0.2, -0.15) is 0 Å². The number of hydrogen-bond acceptors (Lipinski definition) is 7. The minimum Gasteiger partial charge on any atom is -0.462 e. The summed E-state index contributed by atoms with van der Waals surface area (Å²) < 4.78 is 34.7. The zero-order valence-electron chi connectivity index (χ0n) is 55.7. The van der Waals surface area contributed by atoms with E-state index >= 15 is 0 Å². The van der Waals surface area contributed by atoms with Crippen LogP contribution in [0.25, 0.3) is 0 Å². The number of quaternary nitrogens is 1. The Balaban J connectivity index is 4.10. The Morgan fingerprint density at radius 3 is 0.930 bits per heavy atom. The van der Waals surface area contributed by atoms with Gasteiger partial charge in [-0.1, -0.05) is 288 Å². The van der Waals surface area contributed by atoms with Crippen LogP contribution in [0.3, 0.4) is 0 Å². The summed E-state index contributed by atoms with van der Waals surface area (Å²) in [6.45, 7) is 4.20. The summed E-state index contributed by atoms with van der Waals surface area (Å²) in [5, 5.41) is 0. The molecule has 0 heterocycles. The first-order chi connectivity index (χ1) is 42.0. The SMILES string of the molecule is CC/C=C\C/C=C\C/C=C\C/C=C\C/C=C\C/C=C\CCCCCCCCCCCCCCCCC(=O)OC(COC(=O)CCCCCCCCCCCC/C=C\C/C=C\C/C=C\C/C=C\C/C=C\C/C=C\CC)COP(=O)(O)OCC[N+](C)(C)C. The summed E-state index contributed by atoms with van der Waals surface area (Å²) in [7, 11) is 1.46. The zero-order chi connectivity index (χ0) is 62.6. The molecule has 0 amide bonds. The van der Waals surface area contributed by atoms with Gasteiger partial charge in [0.05, 0.1) is 27.7 Å². The Kier molecular flexibility index (Phi) is 62.2. The largest absolute Gasteiger partial charge is 0.472 e. The van der Waals surface area contributed by atoms with Crippen LogP contribution in [0.2, 0.25) is 0 Å². The third-order valence-electron chi connectivity index (χ3n) is 14.4. The van der Waals surface area contributed by atoms with E-state index < -0.39 is 26.5 Å². The highest BCUT2D eigenvalue weighted by Crippen LogP contribution is 2.43. The van der Waals surface area contributed by atoms with Crippen LogP contribution >= 0.6 is 7.82 Å². The second-order valence-electron chi connectivity index (χ2n) is 23.8. The number of ether oxygens (including phenoxy) is 2. The van der Waals surface area contributed by atoms with Crippen LogP contribution in [0, 0.1) is 0 Å². The molecular formula is C76H129NO8P+. The molecule has 0 aliphatic heterocycles. The van der Waals surface area contributed by atoms with Crippen molar-refractivity contribution in [3.63, 3.8) is 0 Å². The standard InChI is InChI=1S/C76H128NO8P/c1-6-8-10-12-14-16-18-20-22-24-26-28-30-32-34-36-37-38-39-41-43-45-47-49-51-53-55-57-59-61-63-65-67-69-76(79)85-74(73-84-86(80,81)83-71-70-77(3,4)5)72-82-75(78)68-66-64-62-60-58-56-54-52-50-48-46-44-42-40-35-33-31-29-27-25-23-21-19-17-15-13-11-9-7-2/h8-11,14-17,20-23,26-29,32-35,37-38,42,44,74H,6-7,12-13,18-19,24-25,30-31,36,39-41,43,45-73H2,1-5H3/p+1/b10-8-,11-9-,16-14-,17-15-,22-20-,23-21-,28-26-,29-27-,34-32-,35-33-,38-37-,44-42-. The van der Waals surface area contributed by atoms with E-state index in [0.29, 0.717) is 17.4 Å². The van der Waals surface area contributed by atoms with Crippen LogP contribution in [-0.4, -0.2) is 74.9 Å². The van der Waals surface area contributed by atoms with Gasteiger partial charge in [-0.25, -0.2) is 4.57 Å². The number of likely N-dealkylation sites (N-methyl/N-ethyl adjacent to an activating group) is 1. The minimum atomic E-state index is -4.40. The van der Waals surface area contributed by atoms with Gasteiger partial charge in [-0.15, -0.1) is 0 Å². The van der Waals surface area contributed by atoms with E-state index in [9.17, 15) is 19.0 Å². The van der Waals surface area contributed by atoms with E-state index in [1.807, 2.05) is 21.1 Å². The van der Waals surface area contributed by atoms with E-state index in [-0.39, 0.29) is 32.0 Å². The molecule has 2 unspecified atom stereocenters. The van der Waals surface area contributed by atoms with E-state index in [2.05, 4.69) is 160 Å². The molecule has 2 atom stereocenters. The Morgan fingerprint density at radius 1 is 0.360 bits per heavy atom. The number of esters is 2. The minimum absolute atomic E-state index is 0.0246. The quantitative estimate of drug-likeness (QED) is 0.0211. The summed E-state index contributed by atoms with van der Waals surface area (Å²) in [6, 6.07) is 0. The topological polar surface area (TPSA) is 108 Å². The van der Waals surface area contributed by atoms with Crippen molar-refractivity contribution in [2.75, 3.05) is 47.5 Å². The lowest BCUT2D eigenvalue weighted by Gasteiger charge is -2.24. The highest BCUT2D eigenvalue weighted by atomic mass is 31.2. The molecule has 0 aromatic carbocycles. The summed E-state index contributed by atoms with van der Waals surface area (Å²) in [5.74, 6) is -0.806. The number of unbranched alkanes of at least 4 members (excludes halogenated alkanes) is 24. The van der Waals surface area contributed by atoms with Gasteiger partial charge in [0.2, 0.25) is 0 Å². The predicted octanol–water partition coefficient (Wildman–Crippen LogP) is 22.6. The van der Waals surface area contributed by atoms with E-state index in [0.717, 1.165) is 128 Å². The van der Waals surface area contributed by atoms with Crippen LogP contribution < -0.4 is 0 Å². The number of hydrogen-bond donors (Lipinski definition) is 1. The third-order valence-corrected chi connectivity index (χ3v) is 15.3. The smallest absolute Gasteiger partial charge is 0.462 e. The first-order valence-corrected chi connectivity index (χ1v) is 36.1. The van der Waals surface area contributed by atoms with Gasteiger partial charge in [0, 0.05) is 12.8 Å². The second-order valence-corrected chi connectivity index (χ2v) is 25.3. The molecule has 0 rings (SSSR count). The molecule has 0 spiro atoms. The van der Waals surface area contributed by atoms with Crippen molar-refractivity contribution >= 4 is 19.8 Å². The maximum atomic E-state index is 12.9. The van der Waals surface area contributed by atoms with Crippen molar-refractivity contribution in [1.29, 1.82) is 0 Å². The lowest BCUT2D eigenvalue weighted by molar-refractivity contribution is -0.870. The van der Waals surface area contributed by atoms with Crippen molar-refractivity contribution in [3.05, 3.63) is 146 Å². The number of phosphoric acid groups is 1. The Bertz CT molecular complexity index is 1960. The van der Waals surface area contributed by atoms with Crippen LogP contribution in [0.4, 0.5) is 0 Å². The molecule has 0 aliphatic rings. The fourth-order valence-corrected chi connectivity index (χ4v) is 9.88. The Hall–Kier alpha value is -4.11. The van der Waals surface area contributed by atoms with E-state index in [1.54, 1.807) is 0 Å². The molecule has 0 aliphatic carbocycles. The van der Waals surface area contributed by atoms with Crippen LogP contribution in [0.1, 0.15) is 271 Å². The summed E-state index contributed by atoms with van der Waals surface area (Å²) in [6.07, 6.45) is 96.5. The van der Waals surface area contributed by atoms with Crippen molar-refractivity contribution in [2.24, 2.45) is 0 Å². The van der Waals surface area contributed by atoms with E-state index in [4.69, 9.17) is 18.5 Å². The number of rotatable bonds is 62. The molecule has 0 bridgehead atoms. The first-order valence-electron chi connectivity index (χ1n) is 34.6. The lowest BCUT2D eigenvalue weighted by atomic mass is 10.0. The number of phosphoric ester groups is 1. The highest BCUT2D eigenvalue weighted by molar-refractivity contribution is 7.47. The third kappa shape index (κ3) is 69.0. The first kappa shape index (κ1) is 81.9. The fraction of sp³-hybridized carbons (Fsp3) is 0.658. The molecule has 0 saturated heterocycles. The molecule has 9 nitrogen and oxygen atoms in total. The van der Waals surface area contributed by atoms with Gasteiger partial charge in [0.15, 0.2) is 6.10 Å². The molecule has 10 heteroatoms. The maximum absolute atomic E-state index is 12.9. The lowest BCUT2D eigenvalue weighted by Crippen LogP contribution is -2.37. The predicted molar refractivity (Wildman–Crippen MR) is 371 cm³/mol. The van der Waals surface area contributed by atoms with Crippen LogP contribution in [-0.2, 0) is 32.7 Å². The van der Waals surface area contributed by atoms with Gasteiger partial charge >= 0.3 is 19.8 Å². The molecule has 0 radical (unpaired) electrons. The molecule has 0 aromatic heterocycles. The average Bonchev–Trinajstić information content (AvgIpc) is 3.70. The van der Waals surface area contributed by atoms with Crippen molar-refractivity contribution in [3.8, 4) is 0 Å². The summed E-state index contributed by atoms with van der Waals surface area (Å²) in [5.41, 5.74) is 0. The fourth-order valence-electron chi connectivity index (χ4n) is 9.14. The molecule has 1 N–H and O–H groups in total. The normalized spacial score (nSPS) is 14.1. The van der Waals surface area contributed by atoms with Gasteiger partial charge in [-0.3, -0.25) is 18.6 Å². The second kappa shape index (κ2) is 65.3. The van der Waals surface area contributed by atoms with Crippen molar-refractivity contribution < 1.29 is 42.1 Å². The summed E-state index contributed by atoms with van der Waals surface area (Å²) >= 11 is 0. The number of nitrogens with zero attached hydrogens (tertiary/aromatic N) is 1. The van der Waals surface area contributed by atoms with Crippen molar-refractivity contribution in [2.45, 2.75) is 277 Å². The van der Waals surface area contributed by atoms with Gasteiger partial charge in [0.25, 0.3) is 0 Å². The molecule has 0 fully saturated rings. The number of carbonyl (C=O) groups excluding carboxylic acids is 2. The van der Waals surface area contributed by atoms with Gasteiger partial charge in [-0.05, 0) is 116 Å². The molecule has 0 aromatic rings. The monoisotopic (exact) mass is 1210 g/mol. The molecule has 490 valence electrons. The van der Waals surface area contributed by atoms with Crippen LogP contribution in [0.5, 0.6) is 0 Å². The van der Waals surface area contributed by atoms with Crippen molar-refractivity contribution in [1.82, 2.24) is 0 Å². The number of allylic oxidation sites excluding steroid dienone is 24. The van der Waals surface area contributed by atoms with E-state index in [1.165, 1.54) is 109 Å².